The van der Waals surface area contributed by atoms with E-state index in [1.165, 1.54) is 23.6 Å². The minimum absolute atomic E-state index is 0.0813. The van der Waals surface area contributed by atoms with Gasteiger partial charge < -0.3 is 10.6 Å². The number of carbonyl (C=O) groups excluding carboxylic acids is 1. The van der Waals surface area contributed by atoms with Crippen LogP contribution in [0.1, 0.15) is 25.7 Å². The molecule has 2 aromatic carbocycles. The molecule has 0 spiro atoms. The van der Waals surface area contributed by atoms with Crippen LogP contribution in [0.4, 0.5) is 5.69 Å². The predicted molar refractivity (Wildman–Crippen MR) is 90.5 cm³/mol. The van der Waals surface area contributed by atoms with Gasteiger partial charge in [-0.1, -0.05) is 40.9 Å². The van der Waals surface area contributed by atoms with Crippen molar-refractivity contribution < 1.29 is 4.79 Å². The summed E-state index contributed by atoms with van der Waals surface area (Å²) in [5.74, 6) is 0.0813. The number of fused-ring (bicyclic) bond motifs is 1. The van der Waals surface area contributed by atoms with Crippen LogP contribution in [0.25, 0.3) is 10.8 Å². The van der Waals surface area contributed by atoms with E-state index in [2.05, 4.69) is 50.8 Å². The normalized spacial score (nSPS) is 15.3. The SMILES string of the molecule is O=C(CNc1ccc2cc(Br)ccc2c1)NC1CCCC1. The van der Waals surface area contributed by atoms with E-state index in [-0.39, 0.29) is 5.91 Å². The third kappa shape index (κ3) is 3.76. The molecule has 0 saturated heterocycles. The largest absolute Gasteiger partial charge is 0.376 e. The molecule has 1 fully saturated rings. The second kappa shape index (κ2) is 6.48. The zero-order valence-electron chi connectivity index (χ0n) is 11.9. The number of halogens is 1. The summed E-state index contributed by atoms with van der Waals surface area (Å²) < 4.78 is 1.08. The summed E-state index contributed by atoms with van der Waals surface area (Å²) in [5.41, 5.74) is 0.978. The molecular formula is C17H19BrN2O. The van der Waals surface area contributed by atoms with Gasteiger partial charge in [-0.05, 0) is 47.9 Å². The van der Waals surface area contributed by atoms with Crippen LogP contribution in [0.15, 0.2) is 40.9 Å². The van der Waals surface area contributed by atoms with Crippen LogP contribution in [-0.2, 0) is 4.79 Å². The van der Waals surface area contributed by atoms with E-state index in [1.807, 2.05) is 12.1 Å². The third-order valence-corrected chi connectivity index (χ3v) is 4.47. The van der Waals surface area contributed by atoms with Gasteiger partial charge in [0.1, 0.15) is 0 Å². The van der Waals surface area contributed by atoms with E-state index in [1.54, 1.807) is 0 Å². The quantitative estimate of drug-likeness (QED) is 0.875. The van der Waals surface area contributed by atoms with Crippen molar-refractivity contribution in [3.05, 3.63) is 40.9 Å². The van der Waals surface area contributed by atoms with Gasteiger partial charge in [-0.3, -0.25) is 4.79 Å². The van der Waals surface area contributed by atoms with Crippen LogP contribution in [0, 0.1) is 0 Å². The molecule has 0 aromatic heterocycles. The molecule has 0 aliphatic heterocycles. The van der Waals surface area contributed by atoms with Crippen molar-refractivity contribution in [3.8, 4) is 0 Å². The minimum atomic E-state index is 0.0813. The fourth-order valence-corrected chi connectivity index (χ4v) is 3.24. The first kappa shape index (κ1) is 14.4. The van der Waals surface area contributed by atoms with E-state index in [4.69, 9.17) is 0 Å². The molecule has 0 unspecified atom stereocenters. The Bertz CT molecular complexity index is 650. The highest BCUT2D eigenvalue weighted by Gasteiger charge is 2.16. The van der Waals surface area contributed by atoms with Gasteiger partial charge in [-0.25, -0.2) is 0 Å². The Morgan fingerprint density at radius 3 is 2.62 bits per heavy atom. The van der Waals surface area contributed by atoms with Gasteiger partial charge in [-0.15, -0.1) is 0 Å². The standard InChI is InChI=1S/C17H19BrN2O/c18-14-7-5-13-10-16(8-6-12(13)9-14)19-11-17(21)20-15-3-1-2-4-15/h5-10,15,19H,1-4,11H2,(H,20,21). The molecule has 0 bridgehead atoms. The molecule has 110 valence electrons. The Hall–Kier alpha value is -1.55. The van der Waals surface area contributed by atoms with Crippen molar-refractivity contribution in [1.29, 1.82) is 0 Å². The molecule has 1 amide bonds. The topological polar surface area (TPSA) is 41.1 Å². The number of benzene rings is 2. The van der Waals surface area contributed by atoms with Crippen molar-refractivity contribution in [2.75, 3.05) is 11.9 Å². The number of hydrogen-bond donors (Lipinski definition) is 2. The number of anilines is 1. The first-order valence-electron chi connectivity index (χ1n) is 7.43. The number of nitrogens with one attached hydrogen (secondary N) is 2. The third-order valence-electron chi connectivity index (χ3n) is 3.98. The lowest BCUT2D eigenvalue weighted by Gasteiger charge is -2.13. The smallest absolute Gasteiger partial charge is 0.239 e. The molecule has 1 saturated carbocycles. The first-order chi connectivity index (χ1) is 10.2. The fraction of sp³-hybridized carbons (Fsp3) is 0.353. The summed E-state index contributed by atoms with van der Waals surface area (Å²) in [6.07, 6.45) is 4.71. The van der Waals surface area contributed by atoms with E-state index in [9.17, 15) is 4.79 Å². The monoisotopic (exact) mass is 346 g/mol. The first-order valence-corrected chi connectivity index (χ1v) is 8.22. The van der Waals surface area contributed by atoms with Crippen molar-refractivity contribution >= 4 is 38.3 Å². The highest BCUT2D eigenvalue weighted by molar-refractivity contribution is 9.10. The molecule has 1 aliphatic rings. The minimum Gasteiger partial charge on any atom is -0.376 e. The highest BCUT2D eigenvalue weighted by atomic mass is 79.9. The van der Waals surface area contributed by atoms with Gasteiger partial charge in [0.05, 0.1) is 6.54 Å². The zero-order chi connectivity index (χ0) is 14.7. The van der Waals surface area contributed by atoms with Crippen molar-refractivity contribution in [1.82, 2.24) is 5.32 Å². The van der Waals surface area contributed by atoms with Gasteiger partial charge in [0.2, 0.25) is 5.91 Å². The predicted octanol–water partition coefficient (Wildman–Crippen LogP) is 4.07. The molecule has 0 atom stereocenters. The molecular weight excluding hydrogens is 328 g/mol. The molecule has 1 aliphatic carbocycles. The zero-order valence-corrected chi connectivity index (χ0v) is 13.4. The van der Waals surface area contributed by atoms with E-state index in [0.717, 1.165) is 23.0 Å². The second-order valence-corrected chi connectivity index (χ2v) is 6.52. The summed E-state index contributed by atoms with van der Waals surface area (Å²) in [4.78, 5) is 11.9. The Morgan fingerprint density at radius 2 is 1.81 bits per heavy atom. The fourth-order valence-electron chi connectivity index (χ4n) is 2.86. The molecule has 4 heteroatoms. The van der Waals surface area contributed by atoms with Crippen LogP contribution >= 0.6 is 15.9 Å². The Morgan fingerprint density at radius 1 is 1.10 bits per heavy atom. The van der Waals surface area contributed by atoms with Crippen LogP contribution in [0.5, 0.6) is 0 Å². The summed E-state index contributed by atoms with van der Waals surface area (Å²) in [6.45, 7) is 0.332. The summed E-state index contributed by atoms with van der Waals surface area (Å²) in [7, 11) is 0. The van der Waals surface area contributed by atoms with Gasteiger partial charge in [-0.2, -0.15) is 0 Å². The summed E-state index contributed by atoms with van der Waals surface area (Å²) >= 11 is 3.47. The van der Waals surface area contributed by atoms with Gasteiger partial charge in [0, 0.05) is 16.2 Å². The van der Waals surface area contributed by atoms with E-state index >= 15 is 0 Å². The Balaban J connectivity index is 1.59. The van der Waals surface area contributed by atoms with Crippen LogP contribution in [0.2, 0.25) is 0 Å². The lowest BCUT2D eigenvalue weighted by Crippen LogP contribution is -2.36. The van der Waals surface area contributed by atoms with Gasteiger partial charge in [0.25, 0.3) is 0 Å². The van der Waals surface area contributed by atoms with Crippen molar-refractivity contribution in [3.63, 3.8) is 0 Å². The van der Waals surface area contributed by atoms with Crippen LogP contribution in [0.3, 0.4) is 0 Å². The number of hydrogen-bond acceptors (Lipinski definition) is 2. The lowest BCUT2D eigenvalue weighted by molar-refractivity contribution is -0.120. The molecule has 3 nitrogen and oxygen atoms in total. The molecule has 2 aromatic rings. The molecule has 21 heavy (non-hydrogen) atoms. The van der Waals surface area contributed by atoms with Crippen molar-refractivity contribution in [2.24, 2.45) is 0 Å². The van der Waals surface area contributed by atoms with E-state index < -0.39 is 0 Å². The molecule has 0 heterocycles. The summed E-state index contributed by atoms with van der Waals surface area (Å²) in [6, 6.07) is 12.7. The number of carbonyl (C=O) groups is 1. The molecule has 0 radical (unpaired) electrons. The second-order valence-electron chi connectivity index (χ2n) is 5.61. The lowest BCUT2D eigenvalue weighted by atomic mass is 10.1. The van der Waals surface area contributed by atoms with Crippen LogP contribution < -0.4 is 10.6 Å². The van der Waals surface area contributed by atoms with Gasteiger partial charge in [0.15, 0.2) is 0 Å². The maximum atomic E-state index is 11.9. The van der Waals surface area contributed by atoms with Gasteiger partial charge >= 0.3 is 0 Å². The average Bonchev–Trinajstić information content (AvgIpc) is 2.98. The summed E-state index contributed by atoms with van der Waals surface area (Å²) in [5, 5.41) is 8.64. The van der Waals surface area contributed by atoms with Crippen LogP contribution in [-0.4, -0.2) is 18.5 Å². The number of rotatable bonds is 4. The number of amides is 1. The molecule has 3 rings (SSSR count). The highest BCUT2D eigenvalue weighted by Crippen LogP contribution is 2.23. The maximum Gasteiger partial charge on any atom is 0.239 e. The maximum absolute atomic E-state index is 11.9. The Kier molecular flexibility index (Phi) is 4.44. The van der Waals surface area contributed by atoms with Crippen molar-refractivity contribution in [2.45, 2.75) is 31.7 Å². The average molecular weight is 347 g/mol. The van der Waals surface area contributed by atoms with E-state index in [0.29, 0.717) is 12.6 Å². The molecule has 2 N–H and O–H groups in total. The Labute approximate surface area is 133 Å².